The molecule has 0 amide bonds. The zero-order valence-electron chi connectivity index (χ0n) is 12.1. The molecule has 0 radical (unpaired) electrons. The van der Waals surface area contributed by atoms with Gasteiger partial charge in [0.05, 0.1) is 5.69 Å². The number of nitrogens with two attached hydrogens (primary N) is 1. The van der Waals surface area contributed by atoms with Gasteiger partial charge < -0.3 is 5.73 Å². The smallest absolute Gasteiger partial charge is 0.202 e. The maximum absolute atomic E-state index is 6.14. The van der Waals surface area contributed by atoms with Crippen molar-refractivity contribution >= 4 is 17.1 Å². The third-order valence-electron chi connectivity index (χ3n) is 4.06. The van der Waals surface area contributed by atoms with E-state index in [-0.39, 0.29) is 0 Å². The number of nitrogens with zero attached hydrogens (tertiary/aromatic N) is 4. The molecular formula is C14H23N5. The van der Waals surface area contributed by atoms with Gasteiger partial charge in [-0.25, -0.2) is 4.98 Å². The van der Waals surface area contributed by atoms with Gasteiger partial charge in [0.25, 0.3) is 0 Å². The molecule has 1 aliphatic carbocycles. The summed E-state index contributed by atoms with van der Waals surface area (Å²) in [5.74, 6) is 1.52. The molecule has 0 bridgehead atoms. The molecular weight excluding hydrogens is 238 g/mol. The first-order valence-corrected chi connectivity index (χ1v) is 7.31. The van der Waals surface area contributed by atoms with Gasteiger partial charge in [-0.2, -0.15) is 5.10 Å². The Balaban J connectivity index is 2.04. The summed E-state index contributed by atoms with van der Waals surface area (Å²) < 4.78 is 4.10. The van der Waals surface area contributed by atoms with Crippen molar-refractivity contribution in [2.75, 3.05) is 5.73 Å². The quantitative estimate of drug-likeness (QED) is 0.900. The van der Waals surface area contributed by atoms with Crippen LogP contribution in [0, 0.1) is 5.92 Å². The van der Waals surface area contributed by atoms with Crippen LogP contribution < -0.4 is 5.73 Å². The molecule has 5 nitrogen and oxygen atoms in total. The molecule has 5 heteroatoms. The average molecular weight is 261 g/mol. The maximum atomic E-state index is 6.14. The molecule has 1 atom stereocenters. The van der Waals surface area contributed by atoms with Gasteiger partial charge in [-0.05, 0) is 25.7 Å². The van der Waals surface area contributed by atoms with Crippen molar-refractivity contribution in [1.82, 2.24) is 19.3 Å². The monoisotopic (exact) mass is 261 g/mol. The van der Waals surface area contributed by atoms with Crippen LogP contribution in [0.3, 0.4) is 0 Å². The fourth-order valence-electron chi connectivity index (χ4n) is 3.00. The minimum Gasteiger partial charge on any atom is -0.369 e. The van der Waals surface area contributed by atoms with Gasteiger partial charge in [-0.3, -0.25) is 9.25 Å². The molecule has 0 aromatic carbocycles. The molecule has 0 aliphatic heterocycles. The number of hydrogen-bond acceptors (Lipinski definition) is 3. The van der Waals surface area contributed by atoms with E-state index in [0.717, 1.165) is 35.6 Å². The number of nitrogen functional groups attached to an aromatic ring is 1. The van der Waals surface area contributed by atoms with Crippen LogP contribution in [0.25, 0.3) is 11.2 Å². The number of aromatic nitrogens is 4. The highest BCUT2D eigenvalue weighted by Gasteiger charge is 2.27. The lowest BCUT2D eigenvalue weighted by molar-refractivity contribution is 0.484. The zero-order chi connectivity index (χ0) is 13.6. The summed E-state index contributed by atoms with van der Waals surface area (Å²) in [5, 5.41) is 4.60. The summed E-state index contributed by atoms with van der Waals surface area (Å²) in [7, 11) is 1.99. The lowest BCUT2D eigenvalue weighted by Crippen LogP contribution is -2.12. The molecule has 1 saturated carbocycles. The second-order valence-electron chi connectivity index (χ2n) is 5.86. The largest absolute Gasteiger partial charge is 0.369 e. The summed E-state index contributed by atoms with van der Waals surface area (Å²) >= 11 is 0. The van der Waals surface area contributed by atoms with Crippen LogP contribution in [0.15, 0.2) is 0 Å². The second kappa shape index (κ2) is 4.54. The Morgan fingerprint density at radius 2 is 2.16 bits per heavy atom. The Kier molecular flexibility index (Phi) is 2.99. The van der Waals surface area contributed by atoms with Crippen LogP contribution in [0.4, 0.5) is 5.95 Å². The number of imidazole rings is 1. The van der Waals surface area contributed by atoms with Crippen molar-refractivity contribution in [3.8, 4) is 0 Å². The molecule has 3 rings (SSSR count). The van der Waals surface area contributed by atoms with Gasteiger partial charge in [0.1, 0.15) is 5.52 Å². The van der Waals surface area contributed by atoms with Gasteiger partial charge in [-0.15, -0.1) is 0 Å². The van der Waals surface area contributed by atoms with E-state index in [9.17, 15) is 0 Å². The van der Waals surface area contributed by atoms with Crippen LogP contribution in [-0.2, 0) is 13.5 Å². The van der Waals surface area contributed by atoms with Crippen LogP contribution in [-0.4, -0.2) is 19.3 Å². The standard InChI is InChI=1S/C14H23N5/c1-4-5-11-12-13(18(3)17-11)19(14(15)16-12)9(2)8-10-6-7-10/h9-10H,4-8H2,1-3H3,(H2,15,16). The predicted molar refractivity (Wildman–Crippen MR) is 77.0 cm³/mol. The maximum Gasteiger partial charge on any atom is 0.202 e. The lowest BCUT2D eigenvalue weighted by Gasteiger charge is -2.15. The molecule has 104 valence electrons. The van der Waals surface area contributed by atoms with Crippen LogP contribution in [0.1, 0.15) is 51.3 Å². The number of fused-ring (bicyclic) bond motifs is 1. The molecule has 2 aromatic heterocycles. The highest BCUT2D eigenvalue weighted by molar-refractivity contribution is 5.78. The van der Waals surface area contributed by atoms with E-state index in [0.29, 0.717) is 12.0 Å². The number of anilines is 1. The number of rotatable bonds is 5. The van der Waals surface area contributed by atoms with E-state index in [2.05, 4.69) is 28.5 Å². The molecule has 1 unspecified atom stereocenters. The Hall–Kier alpha value is -1.52. The van der Waals surface area contributed by atoms with Crippen molar-refractivity contribution in [3.63, 3.8) is 0 Å². The van der Waals surface area contributed by atoms with Gasteiger partial charge in [-0.1, -0.05) is 26.2 Å². The van der Waals surface area contributed by atoms with Gasteiger partial charge in [0.2, 0.25) is 5.95 Å². The molecule has 19 heavy (non-hydrogen) atoms. The second-order valence-corrected chi connectivity index (χ2v) is 5.86. The predicted octanol–water partition coefficient (Wildman–Crippen LogP) is 2.67. The Bertz CT molecular complexity index is 591. The summed E-state index contributed by atoms with van der Waals surface area (Å²) in [5.41, 5.74) is 9.28. The average Bonchev–Trinajstić information content (AvgIpc) is 3.02. The van der Waals surface area contributed by atoms with Crippen molar-refractivity contribution in [3.05, 3.63) is 5.69 Å². The van der Waals surface area contributed by atoms with Crippen molar-refractivity contribution < 1.29 is 0 Å². The Morgan fingerprint density at radius 1 is 1.42 bits per heavy atom. The highest BCUT2D eigenvalue weighted by Crippen LogP contribution is 2.38. The summed E-state index contributed by atoms with van der Waals surface area (Å²) in [6.07, 6.45) is 5.98. The van der Waals surface area contributed by atoms with E-state index in [4.69, 9.17) is 5.73 Å². The van der Waals surface area contributed by atoms with Crippen LogP contribution in [0.5, 0.6) is 0 Å². The zero-order valence-corrected chi connectivity index (χ0v) is 12.1. The first kappa shape index (κ1) is 12.5. The molecule has 2 heterocycles. The minimum absolute atomic E-state index is 0.405. The fraction of sp³-hybridized carbons (Fsp3) is 0.714. The van der Waals surface area contributed by atoms with Crippen LogP contribution in [0.2, 0.25) is 0 Å². The Labute approximate surface area is 113 Å². The third-order valence-corrected chi connectivity index (χ3v) is 4.06. The van der Waals surface area contributed by atoms with Gasteiger partial charge in [0.15, 0.2) is 5.65 Å². The van der Waals surface area contributed by atoms with Gasteiger partial charge >= 0.3 is 0 Å². The third kappa shape index (κ3) is 2.11. The molecule has 1 fully saturated rings. The highest BCUT2D eigenvalue weighted by atomic mass is 15.4. The Morgan fingerprint density at radius 3 is 2.79 bits per heavy atom. The van der Waals surface area contributed by atoms with Crippen molar-refractivity contribution in [2.24, 2.45) is 13.0 Å². The van der Waals surface area contributed by atoms with E-state index >= 15 is 0 Å². The molecule has 2 N–H and O–H groups in total. The first-order chi connectivity index (χ1) is 9.11. The van der Waals surface area contributed by atoms with Crippen molar-refractivity contribution in [1.29, 1.82) is 0 Å². The molecule has 0 spiro atoms. The normalized spacial score (nSPS) is 17.2. The van der Waals surface area contributed by atoms with E-state index in [1.165, 1.54) is 19.3 Å². The minimum atomic E-state index is 0.405. The number of aryl methyl sites for hydroxylation is 2. The van der Waals surface area contributed by atoms with E-state index in [1.54, 1.807) is 0 Å². The summed E-state index contributed by atoms with van der Waals surface area (Å²) in [6, 6.07) is 0.405. The summed E-state index contributed by atoms with van der Waals surface area (Å²) in [4.78, 5) is 4.56. The first-order valence-electron chi connectivity index (χ1n) is 7.31. The van der Waals surface area contributed by atoms with E-state index < -0.39 is 0 Å². The lowest BCUT2D eigenvalue weighted by atomic mass is 10.1. The number of hydrogen-bond donors (Lipinski definition) is 1. The SMILES string of the molecule is CCCc1nn(C)c2c1nc(N)n2C(C)CC1CC1. The molecule has 0 saturated heterocycles. The molecule has 1 aliphatic rings. The van der Waals surface area contributed by atoms with Crippen LogP contribution >= 0.6 is 0 Å². The van der Waals surface area contributed by atoms with Crippen molar-refractivity contribution in [2.45, 2.75) is 52.0 Å². The van der Waals surface area contributed by atoms with Gasteiger partial charge in [0, 0.05) is 13.1 Å². The summed E-state index contributed by atoms with van der Waals surface area (Å²) in [6.45, 7) is 4.40. The molecule has 2 aromatic rings. The topological polar surface area (TPSA) is 61.7 Å². The fourth-order valence-corrected chi connectivity index (χ4v) is 3.00. The van der Waals surface area contributed by atoms with E-state index in [1.807, 2.05) is 11.7 Å².